The summed E-state index contributed by atoms with van der Waals surface area (Å²) in [6, 6.07) is 7.85. The summed E-state index contributed by atoms with van der Waals surface area (Å²) in [6.45, 7) is 1.95. The molecule has 2 N–H and O–H groups in total. The van der Waals surface area contributed by atoms with Gasteiger partial charge in [-0.3, -0.25) is 4.57 Å². The Kier molecular flexibility index (Phi) is 3.08. The van der Waals surface area contributed by atoms with Gasteiger partial charge in [0, 0.05) is 19.5 Å². The maximum Gasteiger partial charge on any atom is 0.165 e. The highest BCUT2D eigenvalue weighted by Crippen LogP contribution is 2.29. The molecule has 6 heteroatoms. The predicted molar refractivity (Wildman–Crippen MR) is 76.9 cm³/mol. The van der Waals surface area contributed by atoms with E-state index >= 15 is 0 Å². The Hall–Kier alpha value is -2.47. The third-order valence-electron chi connectivity index (χ3n) is 3.24. The van der Waals surface area contributed by atoms with E-state index in [1.165, 1.54) is 0 Å². The van der Waals surface area contributed by atoms with Crippen LogP contribution >= 0.6 is 0 Å². The van der Waals surface area contributed by atoms with E-state index in [-0.39, 0.29) is 6.23 Å². The van der Waals surface area contributed by atoms with E-state index in [0.717, 1.165) is 11.0 Å². The zero-order valence-electron chi connectivity index (χ0n) is 11.3. The average molecular weight is 269 g/mol. The number of nitrogen functional groups attached to an aromatic ring is 1. The highest BCUT2D eigenvalue weighted by atomic mass is 16.5. The monoisotopic (exact) mass is 269 g/mol. The number of ether oxygens (including phenoxy) is 1. The van der Waals surface area contributed by atoms with E-state index in [9.17, 15) is 0 Å². The summed E-state index contributed by atoms with van der Waals surface area (Å²) in [7, 11) is 1.66. The van der Waals surface area contributed by atoms with Crippen molar-refractivity contribution in [2.24, 2.45) is 0 Å². The largest absolute Gasteiger partial charge is 0.382 e. The number of rotatable bonds is 3. The molecule has 0 amide bonds. The maximum absolute atomic E-state index is 5.92. The van der Waals surface area contributed by atoms with Crippen LogP contribution in [0.5, 0.6) is 0 Å². The van der Waals surface area contributed by atoms with Crippen LogP contribution < -0.4 is 5.73 Å². The molecule has 0 fully saturated rings. The number of hydrogen-bond acceptors (Lipinski definition) is 5. The van der Waals surface area contributed by atoms with Gasteiger partial charge in [-0.05, 0) is 19.1 Å². The first-order chi connectivity index (χ1) is 9.72. The minimum absolute atomic E-state index is 0.182. The van der Waals surface area contributed by atoms with Crippen LogP contribution in [0.3, 0.4) is 0 Å². The highest BCUT2D eigenvalue weighted by molar-refractivity contribution is 5.81. The predicted octanol–water partition coefficient (Wildman–Crippen LogP) is 2.24. The Morgan fingerprint density at radius 1 is 1.20 bits per heavy atom. The first-order valence-electron chi connectivity index (χ1n) is 6.29. The highest BCUT2D eigenvalue weighted by Gasteiger charge is 2.19. The quantitative estimate of drug-likeness (QED) is 0.788. The molecule has 6 nitrogen and oxygen atoms in total. The molecule has 0 saturated heterocycles. The molecule has 0 spiro atoms. The zero-order valence-corrected chi connectivity index (χ0v) is 11.3. The Morgan fingerprint density at radius 2 is 1.95 bits per heavy atom. The first-order valence-corrected chi connectivity index (χ1v) is 6.29. The molecule has 3 aromatic rings. The molecule has 2 heterocycles. The number of hydrogen-bond donors (Lipinski definition) is 1. The average Bonchev–Trinajstić information content (AvgIpc) is 2.86. The second-order valence-corrected chi connectivity index (χ2v) is 4.42. The number of imidazole rings is 1. The van der Waals surface area contributed by atoms with Gasteiger partial charge in [-0.25, -0.2) is 15.0 Å². The molecular weight excluding hydrogens is 254 g/mol. The lowest BCUT2D eigenvalue weighted by Gasteiger charge is -2.15. The molecule has 0 bridgehead atoms. The van der Waals surface area contributed by atoms with Gasteiger partial charge >= 0.3 is 0 Å². The molecule has 1 atom stereocenters. The van der Waals surface area contributed by atoms with Crippen LogP contribution in [0.25, 0.3) is 22.6 Å². The number of benzene rings is 1. The lowest BCUT2D eigenvalue weighted by atomic mass is 10.3. The molecule has 0 saturated carbocycles. The molecule has 0 radical (unpaired) electrons. The molecule has 2 aromatic heterocycles. The van der Waals surface area contributed by atoms with E-state index in [1.807, 2.05) is 35.8 Å². The van der Waals surface area contributed by atoms with Crippen molar-refractivity contribution in [2.45, 2.75) is 13.2 Å². The summed E-state index contributed by atoms with van der Waals surface area (Å²) in [6.07, 6.45) is 2.98. The smallest absolute Gasteiger partial charge is 0.165 e. The number of fused-ring (bicyclic) bond motifs is 1. The van der Waals surface area contributed by atoms with Gasteiger partial charge in [-0.2, -0.15) is 0 Å². The molecular formula is C14H15N5O. The lowest BCUT2D eigenvalue weighted by molar-refractivity contribution is 0.0650. The number of aromatic nitrogens is 4. The molecule has 0 aliphatic heterocycles. The van der Waals surface area contributed by atoms with E-state index < -0.39 is 0 Å². The van der Waals surface area contributed by atoms with Crippen LogP contribution in [-0.4, -0.2) is 26.6 Å². The summed E-state index contributed by atoms with van der Waals surface area (Å²) < 4.78 is 7.41. The van der Waals surface area contributed by atoms with Crippen LogP contribution in [0.4, 0.5) is 5.82 Å². The molecule has 0 aliphatic rings. The molecule has 102 valence electrons. The van der Waals surface area contributed by atoms with Gasteiger partial charge in [0.25, 0.3) is 0 Å². The van der Waals surface area contributed by atoms with Crippen molar-refractivity contribution in [1.82, 2.24) is 19.5 Å². The molecule has 1 unspecified atom stereocenters. The summed E-state index contributed by atoms with van der Waals surface area (Å²) in [4.78, 5) is 13.0. The summed E-state index contributed by atoms with van der Waals surface area (Å²) in [5.41, 5.74) is 8.33. The van der Waals surface area contributed by atoms with Crippen molar-refractivity contribution in [1.29, 1.82) is 0 Å². The van der Waals surface area contributed by atoms with E-state index in [0.29, 0.717) is 17.3 Å². The lowest BCUT2D eigenvalue weighted by Crippen LogP contribution is -2.10. The summed E-state index contributed by atoms with van der Waals surface area (Å²) in [5.74, 6) is 1.01. The fourth-order valence-corrected chi connectivity index (χ4v) is 2.21. The van der Waals surface area contributed by atoms with Crippen LogP contribution in [0.1, 0.15) is 13.2 Å². The van der Waals surface area contributed by atoms with E-state index in [4.69, 9.17) is 10.5 Å². The van der Waals surface area contributed by atoms with Crippen molar-refractivity contribution < 1.29 is 4.74 Å². The Labute approximate surface area is 116 Å². The molecule has 3 rings (SSSR count). The van der Waals surface area contributed by atoms with Crippen LogP contribution in [0.2, 0.25) is 0 Å². The van der Waals surface area contributed by atoms with Crippen LogP contribution in [0, 0.1) is 0 Å². The second-order valence-electron chi connectivity index (χ2n) is 4.42. The van der Waals surface area contributed by atoms with Gasteiger partial charge in [0.2, 0.25) is 0 Å². The first kappa shape index (κ1) is 12.6. The third kappa shape index (κ3) is 1.90. The van der Waals surface area contributed by atoms with E-state index in [1.54, 1.807) is 19.5 Å². The Morgan fingerprint density at radius 3 is 2.70 bits per heavy atom. The van der Waals surface area contributed by atoms with Gasteiger partial charge in [0.05, 0.1) is 11.0 Å². The number of methoxy groups -OCH3 is 1. The summed E-state index contributed by atoms with van der Waals surface area (Å²) >= 11 is 0. The van der Waals surface area contributed by atoms with Gasteiger partial charge in [0.1, 0.15) is 11.9 Å². The van der Waals surface area contributed by atoms with Gasteiger partial charge < -0.3 is 10.5 Å². The van der Waals surface area contributed by atoms with Crippen molar-refractivity contribution in [3.8, 4) is 11.5 Å². The number of para-hydroxylation sites is 2. The van der Waals surface area contributed by atoms with E-state index in [2.05, 4.69) is 15.0 Å². The minimum Gasteiger partial charge on any atom is -0.382 e. The fourth-order valence-electron chi connectivity index (χ4n) is 2.21. The zero-order chi connectivity index (χ0) is 14.1. The maximum atomic E-state index is 5.92. The summed E-state index contributed by atoms with van der Waals surface area (Å²) in [5, 5.41) is 0. The molecule has 1 aromatic carbocycles. The fraction of sp³-hybridized carbons (Fsp3) is 0.214. The van der Waals surface area contributed by atoms with Gasteiger partial charge in [0.15, 0.2) is 11.6 Å². The number of nitrogens with zero attached hydrogens (tertiary/aromatic N) is 4. The molecule has 20 heavy (non-hydrogen) atoms. The molecule has 0 aliphatic carbocycles. The van der Waals surface area contributed by atoms with Crippen LogP contribution in [0.15, 0.2) is 36.7 Å². The topological polar surface area (TPSA) is 78.8 Å². The van der Waals surface area contributed by atoms with Gasteiger partial charge in [-0.15, -0.1) is 0 Å². The van der Waals surface area contributed by atoms with Crippen LogP contribution in [-0.2, 0) is 4.74 Å². The number of nitrogens with two attached hydrogens (primary N) is 1. The van der Waals surface area contributed by atoms with Crippen molar-refractivity contribution in [3.63, 3.8) is 0 Å². The van der Waals surface area contributed by atoms with Gasteiger partial charge in [-0.1, -0.05) is 12.1 Å². The Bertz CT molecular complexity index is 752. The van der Waals surface area contributed by atoms with Crippen molar-refractivity contribution >= 4 is 16.9 Å². The number of anilines is 1. The third-order valence-corrected chi connectivity index (χ3v) is 3.24. The minimum atomic E-state index is -0.182. The van der Waals surface area contributed by atoms with Crippen molar-refractivity contribution in [2.75, 3.05) is 12.8 Å². The Balaban J connectivity index is 2.32. The van der Waals surface area contributed by atoms with Crippen molar-refractivity contribution in [3.05, 3.63) is 36.7 Å². The SMILES string of the molecule is COC(C)n1c(-c2nccnc2N)nc2ccccc21. The normalized spacial score (nSPS) is 12.7. The standard InChI is InChI=1S/C14H15N5O/c1-9(20-2)19-11-6-4-3-5-10(11)18-14(19)12-13(15)17-8-7-16-12/h3-9H,1-2H3,(H2,15,17). The second kappa shape index (κ2) is 4.90.